The summed E-state index contributed by atoms with van der Waals surface area (Å²) in [5.74, 6) is 0.305. The average Bonchev–Trinajstić information content (AvgIpc) is 2.20. The van der Waals surface area contributed by atoms with Gasteiger partial charge in [-0.25, -0.2) is 0 Å². The van der Waals surface area contributed by atoms with Gasteiger partial charge in [0.15, 0.2) is 0 Å². The summed E-state index contributed by atoms with van der Waals surface area (Å²) in [7, 11) is 0. The van der Waals surface area contributed by atoms with Crippen LogP contribution in [-0.4, -0.2) is 5.11 Å². The topological polar surface area (TPSA) is 20.2 Å². The van der Waals surface area contributed by atoms with Crippen molar-refractivity contribution in [2.75, 3.05) is 0 Å². The number of phenols is 1. The number of hydrogen-bond acceptors (Lipinski definition) is 1. The molecule has 0 unspecified atom stereocenters. The molecule has 0 aliphatic carbocycles. The van der Waals surface area contributed by atoms with Crippen LogP contribution in [0.1, 0.15) is 1.43 Å². The molecule has 0 spiro atoms. The number of phenolic OH excluding ortho intramolecular Hbond substituents is 1. The van der Waals surface area contributed by atoms with Gasteiger partial charge in [-0.3, -0.25) is 0 Å². The molecule has 1 N–H and O–H groups in total. The van der Waals surface area contributed by atoms with Crippen LogP contribution in [0.25, 0.3) is 11.1 Å². The SMILES string of the molecule is Oc1ccc(-c2ccccc2)cc1.[H-].[K+]. The summed E-state index contributed by atoms with van der Waals surface area (Å²) in [5, 5.41) is 9.10. The largest absolute Gasteiger partial charge is 1.00 e. The van der Waals surface area contributed by atoms with Crippen molar-refractivity contribution in [1.82, 2.24) is 0 Å². The quantitative estimate of drug-likeness (QED) is 0.666. The average molecular weight is 210 g/mol. The van der Waals surface area contributed by atoms with Crippen molar-refractivity contribution >= 4 is 0 Å². The number of rotatable bonds is 1. The zero-order valence-corrected chi connectivity index (χ0v) is 11.3. The molecule has 0 aliphatic rings. The molecule has 0 amide bonds. The molecule has 0 saturated heterocycles. The van der Waals surface area contributed by atoms with Crippen LogP contribution < -0.4 is 51.4 Å². The van der Waals surface area contributed by atoms with Crippen LogP contribution in [0.15, 0.2) is 54.6 Å². The normalized spacial score (nSPS) is 9.14. The van der Waals surface area contributed by atoms with E-state index in [1.165, 1.54) is 5.56 Å². The van der Waals surface area contributed by atoms with Crippen LogP contribution in [0.3, 0.4) is 0 Å². The molecule has 0 fully saturated rings. The van der Waals surface area contributed by atoms with Crippen LogP contribution in [0.2, 0.25) is 0 Å². The second-order valence-electron chi connectivity index (χ2n) is 2.91. The van der Waals surface area contributed by atoms with Crippen LogP contribution in [-0.2, 0) is 0 Å². The first-order valence-electron chi connectivity index (χ1n) is 4.21. The van der Waals surface area contributed by atoms with Crippen molar-refractivity contribution in [3.63, 3.8) is 0 Å². The van der Waals surface area contributed by atoms with Gasteiger partial charge in [-0.15, -0.1) is 0 Å². The summed E-state index contributed by atoms with van der Waals surface area (Å²) in [6.07, 6.45) is 0. The van der Waals surface area contributed by atoms with Gasteiger partial charge in [-0.1, -0.05) is 42.5 Å². The Balaban J connectivity index is 0.000000980. The molecule has 0 heterocycles. The number of benzene rings is 2. The third kappa shape index (κ3) is 2.94. The fourth-order valence-corrected chi connectivity index (χ4v) is 1.28. The van der Waals surface area contributed by atoms with Crippen LogP contribution in [0.4, 0.5) is 0 Å². The van der Waals surface area contributed by atoms with Gasteiger partial charge in [-0.05, 0) is 23.3 Å². The van der Waals surface area contributed by atoms with E-state index in [-0.39, 0.29) is 52.8 Å². The van der Waals surface area contributed by atoms with Crippen molar-refractivity contribution in [1.29, 1.82) is 0 Å². The monoisotopic (exact) mass is 210 g/mol. The summed E-state index contributed by atoms with van der Waals surface area (Å²) in [4.78, 5) is 0. The number of hydrogen-bond donors (Lipinski definition) is 1. The predicted octanol–water partition coefficient (Wildman–Crippen LogP) is 0.176. The van der Waals surface area contributed by atoms with Gasteiger partial charge in [-0.2, -0.15) is 0 Å². The fraction of sp³-hybridized carbons (Fsp3) is 0. The number of aromatic hydroxyl groups is 1. The molecule has 1 nitrogen and oxygen atoms in total. The molecular weight excluding hydrogens is 199 g/mol. The molecule has 2 heteroatoms. The minimum atomic E-state index is 0. The first-order valence-corrected chi connectivity index (χ1v) is 4.21. The molecule has 0 saturated carbocycles. The first kappa shape index (κ1) is 11.9. The van der Waals surface area contributed by atoms with Gasteiger partial charge < -0.3 is 6.53 Å². The summed E-state index contributed by atoms with van der Waals surface area (Å²) < 4.78 is 0. The van der Waals surface area contributed by atoms with Gasteiger partial charge in [0, 0.05) is 0 Å². The van der Waals surface area contributed by atoms with E-state index in [1.54, 1.807) is 12.1 Å². The van der Waals surface area contributed by atoms with Crippen molar-refractivity contribution in [3.05, 3.63) is 54.6 Å². The Morgan fingerprint density at radius 1 is 0.714 bits per heavy atom. The van der Waals surface area contributed by atoms with E-state index in [9.17, 15) is 0 Å². The maximum atomic E-state index is 9.10. The molecule has 0 aromatic heterocycles. The van der Waals surface area contributed by atoms with Gasteiger partial charge in [0.1, 0.15) is 5.75 Å². The zero-order valence-electron chi connectivity index (χ0n) is 9.14. The predicted molar refractivity (Wildman–Crippen MR) is 54.7 cm³/mol. The van der Waals surface area contributed by atoms with Gasteiger partial charge in [0.2, 0.25) is 0 Å². The second-order valence-corrected chi connectivity index (χ2v) is 2.91. The molecule has 0 radical (unpaired) electrons. The molecule has 2 rings (SSSR count). The van der Waals surface area contributed by atoms with Crippen molar-refractivity contribution in [3.8, 4) is 16.9 Å². The minimum Gasteiger partial charge on any atom is -1.00 e. The third-order valence-electron chi connectivity index (χ3n) is 1.97. The Kier molecular flexibility index (Phi) is 4.85. The Morgan fingerprint density at radius 2 is 1.21 bits per heavy atom. The summed E-state index contributed by atoms with van der Waals surface area (Å²) in [6, 6.07) is 17.3. The Hall–Kier alpha value is -0.124. The second kappa shape index (κ2) is 5.68. The van der Waals surface area contributed by atoms with Crippen molar-refractivity contribution in [2.45, 2.75) is 0 Å². The maximum Gasteiger partial charge on any atom is 1.00 e. The van der Waals surface area contributed by atoms with Crippen molar-refractivity contribution < 1.29 is 57.9 Å². The zero-order chi connectivity index (χ0) is 9.10. The van der Waals surface area contributed by atoms with Crippen LogP contribution >= 0.6 is 0 Å². The van der Waals surface area contributed by atoms with E-state index < -0.39 is 0 Å². The van der Waals surface area contributed by atoms with E-state index in [1.807, 2.05) is 42.5 Å². The Labute approximate surface area is 128 Å². The van der Waals surface area contributed by atoms with Gasteiger partial charge in [0.25, 0.3) is 0 Å². The standard InChI is InChI=1S/C12H10O.K.H/c13-12-8-6-11(7-9-12)10-4-2-1-3-5-10;;/h1-9,13H;;/q;+1;-1. The first-order chi connectivity index (χ1) is 6.36. The molecule has 0 aliphatic heterocycles. The smallest absolute Gasteiger partial charge is 1.00 e. The molecule has 2 aromatic rings. The minimum absolute atomic E-state index is 0. The molecule has 0 bridgehead atoms. The van der Waals surface area contributed by atoms with Crippen LogP contribution in [0.5, 0.6) is 5.75 Å². The molecular formula is C12H11KO. The summed E-state index contributed by atoms with van der Waals surface area (Å²) in [6.45, 7) is 0. The van der Waals surface area contributed by atoms with E-state index in [4.69, 9.17) is 5.11 Å². The Bertz CT molecular complexity index is 386. The van der Waals surface area contributed by atoms with E-state index in [0.717, 1.165) is 5.56 Å². The van der Waals surface area contributed by atoms with E-state index in [2.05, 4.69) is 0 Å². The third-order valence-corrected chi connectivity index (χ3v) is 1.97. The molecule has 0 atom stereocenters. The molecule has 2 aromatic carbocycles. The molecule has 66 valence electrons. The van der Waals surface area contributed by atoms with Crippen molar-refractivity contribution in [2.24, 2.45) is 0 Å². The van der Waals surface area contributed by atoms with Gasteiger partial charge in [0.05, 0.1) is 0 Å². The van der Waals surface area contributed by atoms with E-state index in [0.29, 0.717) is 5.75 Å². The summed E-state index contributed by atoms with van der Waals surface area (Å²) >= 11 is 0. The Morgan fingerprint density at radius 3 is 1.79 bits per heavy atom. The maximum absolute atomic E-state index is 9.10. The van der Waals surface area contributed by atoms with Crippen LogP contribution in [0, 0.1) is 0 Å². The van der Waals surface area contributed by atoms with E-state index >= 15 is 0 Å². The summed E-state index contributed by atoms with van der Waals surface area (Å²) in [5.41, 5.74) is 2.29. The fourth-order valence-electron chi connectivity index (χ4n) is 1.28. The molecule has 14 heavy (non-hydrogen) atoms. The van der Waals surface area contributed by atoms with Gasteiger partial charge >= 0.3 is 51.4 Å².